The van der Waals surface area contributed by atoms with Crippen molar-refractivity contribution >= 4 is 5.91 Å². The summed E-state index contributed by atoms with van der Waals surface area (Å²) in [6, 6.07) is 8.14. The van der Waals surface area contributed by atoms with Crippen molar-refractivity contribution < 1.29 is 4.79 Å². The van der Waals surface area contributed by atoms with Gasteiger partial charge in [-0.3, -0.25) is 9.69 Å². The maximum absolute atomic E-state index is 11.6. The first-order valence-corrected chi connectivity index (χ1v) is 7.25. The molecule has 4 heteroatoms. The normalized spacial score (nSPS) is 17.4. The predicted octanol–water partition coefficient (Wildman–Crippen LogP) is 1.29. The van der Waals surface area contributed by atoms with Crippen LogP contribution in [0.3, 0.4) is 0 Å². The van der Waals surface area contributed by atoms with Gasteiger partial charge in [0.2, 0.25) is 5.91 Å². The van der Waals surface area contributed by atoms with E-state index in [4.69, 9.17) is 5.73 Å². The Morgan fingerprint density at radius 2 is 2.05 bits per heavy atom. The molecule has 1 atom stereocenters. The Kier molecular flexibility index (Phi) is 4.45. The molecule has 20 heavy (non-hydrogen) atoms. The first-order chi connectivity index (χ1) is 9.40. The monoisotopic (exact) mass is 275 g/mol. The Bertz CT molecular complexity index is 482. The van der Waals surface area contributed by atoms with E-state index in [-0.39, 0.29) is 11.4 Å². The summed E-state index contributed by atoms with van der Waals surface area (Å²) in [4.78, 5) is 14.0. The van der Waals surface area contributed by atoms with Gasteiger partial charge in [-0.15, -0.1) is 0 Å². The van der Waals surface area contributed by atoms with E-state index in [2.05, 4.69) is 48.3 Å². The van der Waals surface area contributed by atoms with Crippen molar-refractivity contribution in [3.05, 3.63) is 35.4 Å². The SMILES string of the molecule is C[C@@H](N)C(=O)NCC(C)(C)N1CCc2ccccc2C1. The molecule has 4 nitrogen and oxygen atoms in total. The van der Waals surface area contributed by atoms with Crippen LogP contribution < -0.4 is 11.1 Å². The molecule has 1 aromatic carbocycles. The third kappa shape index (κ3) is 3.38. The van der Waals surface area contributed by atoms with Gasteiger partial charge in [0.1, 0.15) is 0 Å². The fourth-order valence-corrected chi connectivity index (χ4v) is 2.59. The van der Waals surface area contributed by atoms with E-state index >= 15 is 0 Å². The maximum atomic E-state index is 11.6. The van der Waals surface area contributed by atoms with Gasteiger partial charge in [-0.05, 0) is 38.3 Å². The van der Waals surface area contributed by atoms with Crippen molar-refractivity contribution in [2.75, 3.05) is 13.1 Å². The van der Waals surface area contributed by atoms with E-state index in [0.29, 0.717) is 6.54 Å². The third-order valence-electron chi connectivity index (χ3n) is 4.10. The molecule has 0 spiro atoms. The molecule has 0 aliphatic carbocycles. The van der Waals surface area contributed by atoms with Crippen LogP contribution in [0.2, 0.25) is 0 Å². The van der Waals surface area contributed by atoms with Crippen LogP contribution in [0.1, 0.15) is 31.9 Å². The second kappa shape index (κ2) is 5.94. The lowest BCUT2D eigenvalue weighted by Gasteiger charge is -2.41. The smallest absolute Gasteiger partial charge is 0.236 e. The Morgan fingerprint density at radius 3 is 2.70 bits per heavy atom. The molecule has 2 rings (SSSR count). The maximum Gasteiger partial charge on any atom is 0.236 e. The standard InChI is InChI=1S/C16H25N3O/c1-12(17)15(20)18-11-16(2,3)19-9-8-13-6-4-5-7-14(13)10-19/h4-7,12H,8-11,17H2,1-3H3,(H,18,20)/t12-/m1/s1. The largest absolute Gasteiger partial charge is 0.353 e. The summed E-state index contributed by atoms with van der Waals surface area (Å²) in [6.45, 7) is 8.63. The number of amides is 1. The van der Waals surface area contributed by atoms with E-state index in [1.165, 1.54) is 11.1 Å². The Balaban J connectivity index is 1.99. The van der Waals surface area contributed by atoms with Gasteiger partial charge in [0.05, 0.1) is 6.04 Å². The molecular formula is C16H25N3O. The molecule has 1 aliphatic rings. The highest BCUT2D eigenvalue weighted by Gasteiger charge is 2.30. The molecule has 0 fully saturated rings. The van der Waals surface area contributed by atoms with Gasteiger partial charge in [0.15, 0.2) is 0 Å². The first-order valence-electron chi connectivity index (χ1n) is 7.25. The summed E-state index contributed by atoms with van der Waals surface area (Å²) >= 11 is 0. The highest BCUT2D eigenvalue weighted by atomic mass is 16.2. The minimum Gasteiger partial charge on any atom is -0.353 e. The molecule has 1 aliphatic heterocycles. The van der Waals surface area contributed by atoms with Gasteiger partial charge in [0, 0.05) is 25.2 Å². The van der Waals surface area contributed by atoms with Crippen molar-refractivity contribution in [2.24, 2.45) is 5.73 Å². The van der Waals surface area contributed by atoms with Crippen molar-refractivity contribution in [3.8, 4) is 0 Å². The number of hydrogen-bond donors (Lipinski definition) is 2. The zero-order chi connectivity index (χ0) is 14.8. The summed E-state index contributed by atoms with van der Waals surface area (Å²) < 4.78 is 0. The molecule has 1 heterocycles. The highest BCUT2D eigenvalue weighted by molar-refractivity contribution is 5.81. The fourth-order valence-electron chi connectivity index (χ4n) is 2.59. The lowest BCUT2D eigenvalue weighted by Crippen LogP contribution is -2.54. The summed E-state index contributed by atoms with van der Waals surface area (Å²) in [5.41, 5.74) is 8.35. The van der Waals surface area contributed by atoms with Crippen molar-refractivity contribution in [2.45, 2.75) is 45.3 Å². The minimum absolute atomic E-state index is 0.0713. The molecule has 0 radical (unpaired) electrons. The van der Waals surface area contributed by atoms with Gasteiger partial charge >= 0.3 is 0 Å². The molecule has 3 N–H and O–H groups in total. The highest BCUT2D eigenvalue weighted by Crippen LogP contribution is 2.24. The molecule has 0 bridgehead atoms. The second-order valence-electron chi connectivity index (χ2n) is 6.26. The first kappa shape index (κ1) is 15.0. The Morgan fingerprint density at radius 1 is 1.40 bits per heavy atom. The number of nitrogens with two attached hydrogens (primary N) is 1. The second-order valence-corrected chi connectivity index (χ2v) is 6.26. The van der Waals surface area contributed by atoms with Crippen molar-refractivity contribution in [3.63, 3.8) is 0 Å². The summed E-state index contributed by atoms with van der Waals surface area (Å²) in [5, 5.41) is 2.94. The van der Waals surface area contributed by atoms with E-state index in [1.807, 2.05) is 0 Å². The average molecular weight is 275 g/mol. The van der Waals surface area contributed by atoms with E-state index in [0.717, 1.165) is 19.5 Å². The van der Waals surface area contributed by atoms with Crippen LogP contribution >= 0.6 is 0 Å². The number of fused-ring (bicyclic) bond motifs is 1. The number of nitrogens with zero attached hydrogens (tertiary/aromatic N) is 1. The van der Waals surface area contributed by atoms with E-state index in [9.17, 15) is 4.79 Å². The van der Waals surface area contributed by atoms with Crippen LogP contribution in [0, 0.1) is 0 Å². The van der Waals surface area contributed by atoms with E-state index < -0.39 is 6.04 Å². The van der Waals surface area contributed by atoms with Crippen molar-refractivity contribution in [1.29, 1.82) is 0 Å². The van der Waals surface area contributed by atoms with Crippen LogP contribution in [-0.4, -0.2) is 35.5 Å². The number of nitrogens with one attached hydrogen (secondary N) is 1. The third-order valence-corrected chi connectivity index (χ3v) is 4.10. The quantitative estimate of drug-likeness (QED) is 0.870. The van der Waals surface area contributed by atoms with Gasteiger partial charge < -0.3 is 11.1 Å². The summed E-state index contributed by atoms with van der Waals surface area (Å²) in [7, 11) is 0. The van der Waals surface area contributed by atoms with Gasteiger partial charge in [0.25, 0.3) is 0 Å². The predicted molar refractivity (Wildman–Crippen MR) is 81.3 cm³/mol. The number of hydrogen-bond acceptors (Lipinski definition) is 3. The van der Waals surface area contributed by atoms with Gasteiger partial charge in [-0.2, -0.15) is 0 Å². The van der Waals surface area contributed by atoms with Gasteiger partial charge in [-0.1, -0.05) is 24.3 Å². The number of rotatable bonds is 4. The fraction of sp³-hybridized carbons (Fsp3) is 0.562. The molecular weight excluding hydrogens is 250 g/mol. The van der Waals surface area contributed by atoms with Crippen LogP contribution in [0.5, 0.6) is 0 Å². The average Bonchev–Trinajstić information content (AvgIpc) is 2.44. The molecule has 0 aromatic heterocycles. The molecule has 1 amide bonds. The van der Waals surface area contributed by atoms with E-state index in [1.54, 1.807) is 6.92 Å². The van der Waals surface area contributed by atoms with Crippen LogP contribution in [-0.2, 0) is 17.8 Å². The molecule has 0 saturated heterocycles. The Hall–Kier alpha value is -1.39. The lowest BCUT2D eigenvalue weighted by atomic mass is 9.94. The molecule has 0 saturated carbocycles. The lowest BCUT2D eigenvalue weighted by molar-refractivity contribution is -0.122. The zero-order valence-electron chi connectivity index (χ0n) is 12.6. The zero-order valence-corrected chi connectivity index (χ0v) is 12.6. The minimum atomic E-state index is -0.451. The Labute approximate surface area is 121 Å². The van der Waals surface area contributed by atoms with Crippen LogP contribution in [0.25, 0.3) is 0 Å². The molecule has 110 valence electrons. The van der Waals surface area contributed by atoms with Crippen molar-refractivity contribution in [1.82, 2.24) is 10.2 Å². The topological polar surface area (TPSA) is 58.4 Å². The number of carbonyl (C=O) groups is 1. The number of carbonyl (C=O) groups excluding carboxylic acids is 1. The van der Waals surface area contributed by atoms with Crippen LogP contribution in [0.15, 0.2) is 24.3 Å². The summed E-state index contributed by atoms with van der Waals surface area (Å²) in [5.74, 6) is -0.0875. The summed E-state index contributed by atoms with van der Waals surface area (Å²) in [6.07, 6.45) is 1.07. The van der Waals surface area contributed by atoms with Gasteiger partial charge in [-0.25, -0.2) is 0 Å². The van der Waals surface area contributed by atoms with Crippen LogP contribution in [0.4, 0.5) is 0 Å². The molecule has 0 unspecified atom stereocenters. The molecule has 1 aromatic rings. The number of benzene rings is 1.